The minimum Gasteiger partial charge on any atom is -0.480 e. The number of aliphatic imine (C=N–C) groups is 1. The Morgan fingerprint density at radius 1 is 1.43 bits per heavy atom. The van der Waals surface area contributed by atoms with Gasteiger partial charge in [-0.15, -0.1) is 0 Å². The third kappa shape index (κ3) is 10.4. The number of nitrogens with two attached hydrogens (primary N) is 3. The lowest BCUT2D eigenvalue weighted by atomic mass is 10.2. The van der Waals surface area contributed by atoms with Crippen molar-refractivity contribution in [1.29, 1.82) is 0 Å². The molecular formula is C7H16N4O3. The van der Waals surface area contributed by atoms with Crippen molar-refractivity contribution in [3.63, 3.8) is 0 Å². The minimum atomic E-state index is -1.00. The fourth-order valence-corrected chi connectivity index (χ4v) is 0.643. The molecule has 0 spiro atoms. The Morgan fingerprint density at radius 3 is 2.29 bits per heavy atom. The van der Waals surface area contributed by atoms with Crippen LogP contribution in [0.15, 0.2) is 4.99 Å². The first-order chi connectivity index (χ1) is 6.54. The SMILES string of the molecule is C=O.NC(N)=NCCCC(N)C(=O)O. The third-order valence-electron chi connectivity index (χ3n) is 1.28. The van der Waals surface area contributed by atoms with E-state index in [2.05, 4.69) is 4.99 Å². The maximum atomic E-state index is 10.2. The lowest BCUT2D eigenvalue weighted by Gasteiger charge is -2.03. The summed E-state index contributed by atoms with van der Waals surface area (Å²) in [5.41, 5.74) is 15.3. The second-order valence-electron chi connectivity index (χ2n) is 2.39. The molecule has 1 unspecified atom stereocenters. The van der Waals surface area contributed by atoms with Crippen LogP contribution in [-0.4, -0.2) is 36.4 Å². The van der Waals surface area contributed by atoms with Crippen molar-refractivity contribution >= 4 is 18.7 Å². The molecule has 0 radical (unpaired) electrons. The predicted octanol–water partition coefficient (Wildman–Crippen LogP) is -1.73. The second kappa shape index (κ2) is 9.46. The number of hydrogen-bond acceptors (Lipinski definition) is 4. The van der Waals surface area contributed by atoms with Crippen molar-refractivity contribution in [2.24, 2.45) is 22.2 Å². The quantitative estimate of drug-likeness (QED) is 0.238. The zero-order valence-corrected chi connectivity index (χ0v) is 7.85. The van der Waals surface area contributed by atoms with Crippen molar-refractivity contribution in [2.75, 3.05) is 6.54 Å². The molecule has 0 aromatic heterocycles. The van der Waals surface area contributed by atoms with Gasteiger partial charge in [0, 0.05) is 6.54 Å². The van der Waals surface area contributed by atoms with Gasteiger partial charge in [0.05, 0.1) is 0 Å². The molecular weight excluding hydrogens is 188 g/mol. The van der Waals surface area contributed by atoms with Crippen molar-refractivity contribution in [2.45, 2.75) is 18.9 Å². The van der Waals surface area contributed by atoms with Gasteiger partial charge in [0.15, 0.2) is 5.96 Å². The monoisotopic (exact) mass is 204 g/mol. The minimum absolute atomic E-state index is 0.0129. The van der Waals surface area contributed by atoms with Gasteiger partial charge in [0.1, 0.15) is 12.8 Å². The lowest BCUT2D eigenvalue weighted by molar-refractivity contribution is -0.138. The van der Waals surface area contributed by atoms with Gasteiger partial charge in [-0.3, -0.25) is 9.79 Å². The average Bonchev–Trinajstić information content (AvgIpc) is 2.15. The van der Waals surface area contributed by atoms with Crippen molar-refractivity contribution in [3.8, 4) is 0 Å². The molecule has 1 atom stereocenters. The molecule has 14 heavy (non-hydrogen) atoms. The fraction of sp³-hybridized carbons (Fsp3) is 0.571. The smallest absolute Gasteiger partial charge is 0.320 e. The molecule has 82 valence electrons. The number of hydrogen-bond donors (Lipinski definition) is 4. The van der Waals surface area contributed by atoms with Crippen LogP contribution in [0.4, 0.5) is 0 Å². The van der Waals surface area contributed by atoms with E-state index < -0.39 is 12.0 Å². The summed E-state index contributed by atoms with van der Waals surface area (Å²) in [5.74, 6) is -0.987. The molecule has 0 rings (SSSR count). The number of aliphatic carboxylic acids is 1. The number of carboxylic acids is 1. The van der Waals surface area contributed by atoms with Gasteiger partial charge in [-0.1, -0.05) is 0 Å². The van der Waals surface area contributed by atoms with Crippen molar-refractivity contribution in [3.05, 3.63) is 0 Å². The summed E-state index contributed by atoms with van der Waals surface area (Å²) in [6.07, 6.45) is 0.956. The van der Waals surface area contributed by atoms with E-state index >= 15 is 0 Å². The number of rotatable bonds is 5. The molecule has 0 amide bonds. The Hall–Kier alpha value is -1.63. The van der Waals surface area contributed by atoms with Crippen LogP contribution in [0, 0.1) is 0 Å². The fourth-order valence-electron chi connectivity index (χ4n) is 0.643. The summed E-state index contributed by atoms with van der Waals surface area (Å²) >= 11 is 0. The van der Waals surface area contributed by atoms with E-state index in [9.17, 15) is 4.79 Å². The summed E-state index contributed by atoms with van der Waals surface area (Å²) < 4.78 is 0. The Bertz CT molecular complexity index is 191. The number of nitrogens with zero attached hydrogens (tertiary/aromatic N) is 1. The van der Waals surface area contributed by atoms with E-state index in [-0.39, 0.29) is 5.96 Å². The molecule has 0 aliphatic rings. The van der Waals surface area contributed by atoms with Gasteiger partial charge in [0.25, 0.3) is 0 Å². The molecule has 0 saturated heterocycles. The Morgan fingerprint density at radius 2 is 1.93 bits per heavy atom. The van der Waals surface area contributed by atoms with E-state index in [1.54, 1.807) is 0 Å². The Kier molecular flexibility index (Phi) is 10.0. The summed E-state index contributed by atoms with van der Waals surface area (Å²) in [6, 6.07) is -0.820. The molecule has 0 aliphatic carbocycles. The standard InChI is InChI=1S/C6H14N4O2.CH2O/c7-4(5(11)12)2-1-3-10-6(8)9;1-2/h4H,1-3,7H2,(H,11,12)(H4,8,9,10);1H2. The molecule has 0 saturated carbocycles. The van der Waals surface area contributed by atoms with Crippen LogP contribution in [0.25, 0.3) is 0 Å². The van der Waals surface area contributed by atoms with Gasteiger partial charge in [0.2, 0.25) is 0 Å². The van der Waals surface area contributed by atoms with Crippen LogP contribution < -0.4 is 17.2 Å². The highest BCUT2D eigenvalue weighted by molar-refractivity contribution is 5.75. The van der Waals surface area contributed by atoms with E-state index in [4.69, 9.17) is 27.1 Å². The maximum Gasteiger partial charge on any atom is 0.320 e. The summed E-state index contributed by atoms with van der Waals surface area (Å²) in [7, 11) is 0. The van der Waals surface area contributed by atoms with Crippen LogP contribution in [0.2, 0.25) is 0 Å². The maximum absolute atomic E-state index is 10.2. The van der Waals surface area contributed by atoms with Crippen LogP contribution >= 0.6 is 0 Å². The Labute approximate surface area is 82.0 Å². The molecule has 0 heterocycles. The molecule has 0 aromatic carbocycles. The topological polar surface area (TPSA) is 145 Å². The van der Waals surface area contributed by atoms with Gasteiger partial charge in [-0.05, 0) is 12.8 Å². The first kappa shape index (κ1) is 14.9. The van der Waals surface area contributed by atoms with E-state index in [0.717, 1.165) is 0 Å². The van der Waals surface area contributed by atoms with Crippen molar-refractivity contribution in [1.82, 2.24) is 0 Å². The summed E-state index contributed by atoms with van der Waals surface area (Å²) in [5, 5.41) is 8.38. The highest BCUT2D eigenvalue weighted by atomic mass is 16.4. The summed E-state index contributed by atoms with van der Waals surface area (Å²) in [6.45, 7) is 2.42. The van der Waals surface area contributed by atoms with Crippen LogP contribution in [-0.2, 0) is 9.59 Å². The molecule has 0 aromatic rings. The zero-order chi connectivity index (χ0) is 11.6. The van der Waals surface area contributed by atoms with Gasteiger partial charge >= 0.3 is 5.97 Å². The molecule has 0 bridgehead atoms. The van der Waals surface area contributed by atoms with Crippen LogP contribution in [0.1, 0.15) is 12.8 Å². The van der Waals surface area contributed by atoms with Gasteiger partial charge in [-0.2, -0.15) is 0 Å². The Balaban J connectivity index is 0. The number of carboxylic acid groups (broad SMARTS) is 1. The number of carbonyl (C=O) groups is 2. The van der Waals surface area contributed by atoms with Crippen molar-refractivity contribution < 1.29 is 14.7 Å². The molecule has 0 fully saturated rings. The third-order valence-corrected chi connectivity index (χ3v) is 1.28. The average molecular weight is 204 g/mol. The molecule has 0 aliphatic heterocycles. The van der Waals surface area contributed by atoms with E-state index in [1.165, 1.54) is 0 Å². The first-order valence-electron chi connectivity index (χ1n) is 3.86. The highest BCUT2D eigenvalue weighted by Crippen LogP contribution is 1.94. The summed E-state index contributed by atoms with van der Waals surface area (Å²) in [4.78, 5) is 21.9. The van der Waals surface area contributed by atoms with Crippen LogP contribution in [0.5, 0.6) is 0 Å². The van der Waals surface area contributed by atoms with E-state index in [1.807, 2.05) is 6.79 Å². The lowest BCUT2D eigenvalue weighted by Crippen LogP contribution is -2.30. The molecule has 7 N–H and O–H groups in total. The van der Waals surface area contributed by atoms with Gasteiger partial charge in [-0.25, -0.2) is 0 Å². The van der Waals surface area contributed by atoms with E-state index in [0.29, 0.717) is 19.4 Å². The zero-order valence-electron chi connectivity index (χ0n) is 7.85. The number of guanidine groups is 1. The van der Waals surface area contributed by atoms with Crippen LogP contribution in [0.3, 0.4) is 0 Å². The highest BCUT2D eigenvalue weighted by Gasteiger charge is 2.09. The normalized spacial score (nSPS) is 10.6. The largest absolute Gasteiger partial charge is 0.480 e. The molecule has 7 nitrogen and oxygen atoms in total. The number of carbonyl (C=O) groups excluding carboxylic acids is 1. The molecule has 7 heteroatoms. The predicted molar refractivity (Wildman–Crippen MR) is 52.6 cm³/mol. The second-order valence-corrected chi connectivity index (χ2v) is 2.39. The van der Waals surface area contributed by atoms with Gasteiger partial charge < -0.3 is 27.1 Å². The first-order valence-corrected chi connectivity index (χ1v) is 3.86.